The highest BCUT2D eigenvalue weighted by atomic mass is 35.5. The van der Waals surface area contributed by atoms with Crippen LogP contribution in [0.5, 0.6) is 0 Å². The van der Waals surface area contributed by atoms with Gasteiger partial charge in [0.25, 0.3) is 0 Å². The summed E-state index contributed by atoms with van der Waals surface area (Å²) in [5.41, 5.74) is 0. The standard InChI is InChI=1S/C11H17N3OS.ClH/c1-2-8(1)5-10-13-11(15-14-10)6-9-7-16-4-3-12-9;/h8-9,12H,1-7H2;1H. The number of aromatic nitrogens is 2. The Morgan fingerprint density at radius 2 is 2.24 bits per heavy atom. The quantitative estimate of drug-likeness (QED) is 0.906. The maximum atomic E-state index is 5.29. The number of rotatable bonds is 4. The van der Waals surface area contributed by atoms with Gasteiger partial charge in [-0.05, 0) is 18.8 Å². The molecule has 96 valence electrons. The summed E-state index contributed by atoms with van der Waals surface area (Å²) >= 11 is 2.00. The van der Waals surface area contributed by atoms with Crippen LogP contribution in [0.4, 0.5) is 0 Å². The number of nitrogens with zero attached hydrogens (tertiary/aromatic N) is 2. The van der Waals surface area contributed by atoms with Crippen LogP contribution in [0, 0.1) is 5.92 Å². The molecule has 17 heavy (non-hydrogen) atoms. The predicted molar refractivity (Wildman–Crippen MR) is 70.8 cm³/mol. The van der Waals surface area contributed by atoms with Crippen molar-refractivity contribution in [2.45, 2.75) is 31.7 Å². The summed E-state index contributed by atoms with van der Waals surface area (Å²) in [6.45, 7) is 1.10. The molecule has 0 spiro atoms. The lowest BCUT2D eigenvalue weighted by Gasteiger charge is -2.21. The van der Waals surface area contributed by atoms with Crippen LogP contribution in [-0.2, 0) is 12.8 Å². The Morgan fingerprint density at radius 1 is 1.35 bits per heavy atom. The van der Waals surface area contributed by atoms with Crippen LogP contribution in [0.2, 0.25) is 0 Å². The molecule has 0 bridgehead atoms. The maximum absolute atomic E-state index is 5.29. The van der Waals surface area contributed by atoms with Gasteiger partial charge < -0.3 is 9.84 Å². The Kier molecular flexibility index (Phi) is 4.70. The van der Waals surface area contributed by atoms with Crippen molar-refractivity contribution in [2.24, 2.45) is 5.92 Å². The molecule has 3 rings (SSSR count). The van der Waals surface area contributed by atoms with E-state index in [1.54, 1.807) is 0 Å². The third-order valence-corrected chi connectivity index (χ3v) is 4.23. The largest absolute Gasteiger partial charge is 0.339 e. The molecule has 0 radical (unpaired) electrons. The summed E-state index contributed by atoms with van der Waals surface area (Å²) in [6.07, 6.45) is 4.57. The van der Waals surface area contributed by atoms with Gasteiger partial charge in [-0.3, -0.25) is 0 Å². The van der Waals surface area contributed by atoms with Gasteiger partial charge >= 0.3 is 0 Å². The van der Waals surface area contributed by atoms with Crippen molar-refractivity contribution in [3.05, 3.63) is 11.7 Å². The molecule has 1 aliphatic heterocycles. The number of thioether (sulfide) groups is 1. The molecule has 2 heterocycles. The monoisotopic (exact) mass is 275 g/mol. The highest BCUT2D eigenvalue weighted by Crippen LogP contribution is 2.31. The van der Waals surface area contributed by atoms with Gasteiger partial charge in [0.05, 0.1) is 0 Å². The van der Waals surface area contributed by atoms with Crippen LogP contribution in [0.1, 0.15) is 24.6 Å². The van der Waals surface area contributed by atoms with E-state index in [-0.39, 0.29) is 12.4 Å². The van der Waals surface area contributed by atoms with Crippen LogP contribution in [0.15, 0.2) is 4.52 Å². The molecule has 1 saturated carbocycles. The van der Waals surface area contributed by atoms with Crippen LogP contribution in [0.3, 0.4) is 0 Å². The van der Waals surface area contributed by atoms with E-state index in [0.29, 0.717) is 6.04 Å². The molecule has 1 N–H and O–H groups in total. The van der Waals surface area contributed by atoms with Crippen LogP contribution < -0.4 is 5.32 Å². The number of nitrogens with one attached hydrogen (secondary N) is 1. The minimum Gasteiger partial charge on any atom is -0.339 e. The van der Waals surface area contributed by atoms with Crippen LogP contribution >= 0.6 is 24.2 Å². The first-order valence-electron chi connectivity index (χ1n) is 6.03. The topological polar surface area (TPSA) is 51.0 Å². The minimum absolute atomic E-state index is 0. The summed E-state index contributed by atoms with van der Waals surface area (Å²) in [5.74, 6) is 4.90. The van der Waals surface area contributed by atoms with Crippen molar-refractivity contribution < 1.29 is 4.52 Å². The third-order valence-electron chi connectivity index (χ3n) is 3.10. The van der Waals surface area contributed by atoms with Crippen molar-refractivity contribution in [1.29, 1.82) is 0 Å². The lowest BCUT2D eigenvalue weighted by atomic mass is 10.2. The van der Waals surface area contributed by atoms with Gasteiger partial charge in [0.2, 0.25) is 5.89 Å². The molecule has 2 aliphatic rings. The molecular weight excluding hydrogens is 258 g/mol. The first kappa shape index (κ1) is 13.2. The minimum atomic E-state index is 0. The molecule has 1 atom stereocenters. The second kappa shape index (κ2) is 6.07. The first-order chi connectivity index (χ1) is 7.90. The summed E-state index contributed by atoms with van der Waals surface area (Å²) in [5, 5.41) is 7.52. The van der Waals surface area contributed by atoms with E-state index in [4.69, 9.17) is 4.52 Å². The number of hydrogen-bond donors (Lipinski definition) is 1. The van der Waals surface area contributed by atoms with E-state index in [9.17, 15) is 0 Å². The summed E-state index contributed by atoms with van der Waals surface area (Å²) in [4.78, 5) is 4.46. The Balaban J connectivity index is 0.00000108. The third kappa shape index (κ3) is 3.86. The van der Waals surface area contributed by atoms with Gasteiger partial charge in [-0.15, -0.1) is 12.4 Å². The zero-order valence-electron chi connectivity index (χ0n) is 9.72. The Labute approximate surface area is 112 Å². The van der Waals surface area contributed by atoms with Gasteiger partial charge in [0.15, 0.2) is 5.82 Å². The number of halogens is 1. The van der Waals surface area contributed by atoms with Crippen LogP contribution in [-0.4, -0.2) is 34.2 Å². The first-order valence-corrected chi connectivity index (χ1v) is 7.18. The van der Waals surface area contributed by atoms with Crippen molar-refractivity contribution in [3.63, 3.8) is 0 Å². The lowest BCUT2D eigenvalue weighted by molar-refractivity contribution is 0.358. The zero-order chi connectivity index (χ0) is 10.8. The van der Waals surface area contributed by atoms with Gasteiger partial charge in [-0.2, -0.15) is 16.7 Å². The molecule has 1 unspecified atom stereocenters. The van der Waals surface area contributed by atoms with Gasteiger partial charge in [0, 0.05) is 36.9 Å². The fourth-order valence-corrected chi connectivity index (χ4v) is 2.95. The average molecular weight is 276 g/mol. The number of hydrogen-bond acceptors (Lipinski definition) is 5. The molecule has 1 saturated heterocycles. The molecule has 4 nitrogen and oxygen atoms in total. The van der Waals surface area contributed by atoms with Crippen molar-refractivity contribution in [1.82, 2.24) is 15.5 Å². The predicted octanol–water partition coefficient (Wildman–Crippen LogP) is 1.69. The van der Waals surface area contributed by atoms with Gasteiger partial charge in [-0.25, -0.2) is 0 Å². The second-order valence-corrected chi connectivity index (χ2v) is 5.83. The fourth-order valence-electron chi connectivity index (χ4n) is 2.00. The summed E-state index contributed by atoms with van der Waals surface area (Å²) in [6, 6.07) is 0.507. The lowest BCUT2D eigenvalue weighted by Crippen LogP contribution is -2.38. The van der Waals surface area contributed by atoms with Gasteiger partial charge in [0.1, 0.15) is 0 Å². The molecule has 1 aliphatic carbocycles. The highest BCUT2D eigenvalue weighted by Gasteiger charge is 2.24. The van der Waals surface area contributed by atoms with Gasteiger partial charge in [-0.1, -0.05) is 5.16 Å². The normalized spacial score (nSPS) is 24.4. The molecule has 1 aromatic heterocycles. The zero-order valence-corrected chi connectivity index (χ0v) is 11.4. The average Bonchev–Trinajstić information content (AvgIpc) is 3.01. The van der Waals surface area contributed by atoms with Crippen molar-refractivity contribution in [3.8, 4) is 0 Å². The highest BCUT2D eigenvalue weighted by molar-refractivity contribution is 7.99. The fraction of sp³-hybridized carbons (Fsp3) is 0.818. The van der Waals surface area contributed by atoms with E-state index in [1.807, 2.05) is 11.8 Å². The summed E-state index contributed by atoms with van der Waals surface area (Å²) in [7, 11) is 0. The van der Waals surface area contributed by atoms with E-state index < -0.39 is 0 Å². The van der Waals surface area contributed by atoms with Crippen molar-refractivity contribution in [2.75, 3.05) is 18.1 Å². The van der Waals surface area contributed by atoms with Crippen molar-refractivity contribution >= 4 is 24.2 Å². The Hall–Kier alpha value is -0.260. The van der Waals surface area contributed by atoms with E-state index >= 15 is 0 Å². The molecule has 0 aromatic carbocycles. The van der Waals surface area contributed by atoms with E-state index in [1.165, 1.54) is 18.6 Å². The molecule has 1 aromatic rings. The Morgan fingerprint density at radius 3 is 2.94 bits per heavy atom. The summed E-state index contributed by atoms with van der Waals surface area (Å²) < 4.78 is 5.29. The molecule has 0 amide bonds. The van der Waals surface area contributed by atoms with E-state index in [0.717, 1.165) is 42.8 Å². The maximum Gasteiger partial charge on any atom is 0.228 e. The Bertz CT molecular complexity index is 350. The molecule has 2 fully saturated rings. The second-order valence-electron chi connectivity index (χ2n) is 4.68. The van der Waals surface area contributed by atoms with Crippen LogP contribution in [0.25, 0.3) is 0 Å². The SMILES string of the molecule is C1CSCC(Cc2nc(CC3CC3)no2)N1.Cl. The smallest absolute Gasteiger partial charge is 0.228 e. The van der Waals surface area contributed by atoms with E-state index in [2.05, 4.69) is 15.5 Å². The molecule has 6 heteroatoms. The molecular formula is C11H18ClN3OS.